The molecule has 1 heterocycles. The largest absolute Gasteiger partial charge is 0.445 e. The number of hydrogen-bond donors (Lipinski definition) is 0. The number of rotatable bonds is 5. The van der Waals surface area contributed by atoms with Crippen LogP contribution in [0.3, 0.4) is 0 Å². The third-order valence-electron chi connectivity index (χ3n) is 3.59. The maximum absolute atomic E-state index is 12.9. The quantitative estimate of drug-likeness (QED) is 0.385. The monoisotopic (exact) mass is 351 g/mol. The summed E-state index contributed by atoms with van der Waals surface area (Å²) in [5.41, 5.74) is 1.31. The van der Waals surface area contributed by atoms with Gasteiger partial charge in [-0.1, -0.05) is 72.3 Å². The molecule has 5 heteroatoms. The molecule has 0 bridgehead atoms. The fourth-order valence-corrected chi connectivity index (χ4v) is 2.53. The summed E-state index contributed by atoms with van der Waals surface area (Å²) in [4.78, 5) is 29.2. The Balaban J connectivity index is 1.92. The van der Waals surface area contributed by atoms with Crippen LogP contribution in [0.15, 0.2) is 79.0 Å². The van der Waals surface area contributed by atoms with Crippen LogP contribution in [0.5, 0.6) is 0 Å². The van der Waals surface area contributed by atoms with Crippen molar-refractivity contribution in [2.24, 2.45) is 0 Å². The average molecular weight is 352 g/mol. The highest BCUT2D eigenvalue weighted by atomic mass is 35.5. The second-order valence-corrected chi connectivity index (χ2v) is 5.68. The smallest absolute Gasteiger partial charge is 0.339 e. The number of ketones is 1. The van der Waals surface area contributed by atoms with Gasteiger partial charge in [0.25, 0.3) is 0 Å². The van der Waals surface area contributed by atoms with Crippen molar-refractivity contribution in [2.45, 2.75) is 6.10 Å². The summed E-state index contributed by atoms with van der Waals surface area (Å²) in [5, 5.41) is 0.181. The predicted octanol–water partition coefficient (Wildman–Crippen LogP) is 4.52. The number of carbonyl (C=O) groups excluding carboxylic acids is 2. The predicted molar refractivity (Wildman–Crippen MR) is 94.6 cm³/mol. The zero-order valence-electron chi connectivity index (χ0n) is 13.1. The molecule has 1 aromatic heterocycles. The van der Waals surface area contributed by atoms with E-state index in [-0.39, 0.29) is 16.5 Å². The van der Waals surface area contributed by atoms with Gasteiger partial charge in [0, 0.05) is 17.3 Å². The Morgan fingerprint density at radius 2 is 1.52 bits per heavy atom. The lowest BCUT2D eigenvalue weighted by Crippen LogP contribution is -2.20. The van der Waals surface area contributed by atoms with Crippen molar-refractivity contribution in [1.29, 1.82) is 0 Å². The van der Waals surface area contributed by atoms with Crippen LogP contribution in [0.1, 0.15) is 32.4 Å². The van der Waals surface area contributed by atoms with E-state index >= 15 is 0 Å². The minimum atomic E-state index is -1.04. The van der Waals surface area contributed by atoms with Crippen LogP contribution >= 0.6 is 11.6 Å². The lowest BCUT2D eigenvalue weighted by atomic mass is 10.00. The number of esters is 1. The first-order valence-corrected chi connectivity index (χ1v) is 7.99. The maximum Gasteiger partial charge on any atom is 0.339 e. The van der Waals surface area contributed by atoms with E-state index in [1.165, 1.54) is 18.3 Å². The molecule has 0 aliphatic rings. The van der Waals surface area contributed by atoms with Gasteiger partial charge in [-0.05, 0) is 12.1 Å². The molecule has 4 nitrogen and oxygen atoms in total. The third kappa shape index (κ3) is 4.11. The number of halogens is 1. The molecule has 3 aromatic rings. The molecule has 124 valence electrons. The number of carbonyl (C=O) groups is 2. The molecule has 0 amide bonds. The number of hydrogen-bond acceptors (Lipinski definition) is 4. The average Bonchev–Trinajstić information content (AvgIpc) is 2.67. The van der Waals surface area contributed by atoms with E-state index in [1.54, 1.807) is 48.5 Å². The molecular formula is C20H14ClNO3. The van der Waals surface area contributed by atoms with Crippen LogP contribution in [-0.2, 0) is 4.74 Å². The summed E-state index contributed by atoms with van der Waals surface area (Å²) in [6.45, 7) is 0. The highest BCUT2D eigenvalue weighted by Crippen LogP contribution is 2.24. The minimum absolute atomic E-state index is 0.181. The van der Waals surface area contributed by atoms with E-state index in [0.29, 0.717) is 11.1 Å². The van der Waals surface area contributed by atoms with Gasteiger partial charge in [-0.3, -0.25) is 4.79 Å². The normalized spacial score (nSPS) is 11.6. The van der Waals surface area contributed by atoms with Crippen molar-refractivity contribution >= 4 is 23.4 Å². The summed E-state index contributed by atoms with van der Waals surface area (Å²) < 4.78 is 5.52. The summed E-state index contributed by atoms with van der Waals surface area (Å²) >= 11 is 5.82. The van der Waals surface area contributed by atoms with E-state index in [0.717, 1.165) is 0 Å². The SMILES string of the molecule is O=C(OC(C(=O)c1ccccc1)c1ccccc1)c1ccnc(Cl)c1. The fraction of sp³-hybridized carbons (Fsp3) is 0.0500. The molecular weight excluding hydrogens is 338 g/mol. The van der Waals surface area contributed by atoms with Gasteiger partial charge in [-0.15, -0.1) is 0 Å². The summed E-state index contributed by atoms with van der Waals surface area (Å²) in [7, 11) is 0. The lowest BCUT2D eigenvalue weighted by Gasteiger charge is -2.17. The highest BCUT2D eigenvalue weighted by Gasteiger charge is 2.26. The van der Waals surface area contributed by atoms with E-state index in [4.69, 9.17) is 16.3 Å². The van der Waals surface area contributed by atoms with Gasteiger partial charge >= 0.3 is 5.97 Å². The van der Waals surface area contributed by atoms with Crippen molar-refractivity contribution in [3.05, 3.63) is 101 Å². The molecule has 0 N–H and O–H groups in total. The topological polar surface area (TPSA) is 56.3 Å². The van der Waals surface area contributed by atoms with Gasteiger partial charge in [0.15, 0.2) is 6.10 Å². The van der Waals surface area contributed by atoms with Gasteiger partial charge in [0.2, 0.25) is 5.78 Å². The first-order valence-electron chi connectivity index (χ1n) is 7.62. The van der Waals surface area contributed by atoms with Crippen LogP contribution < -0.4 is 0 Å². The van der Waals surface area contributed by atoms with E-state index in [9.17, 15) is 9.59 Å². The fourth-order valence-electron chi connectivity index (χ4n) is 2.36. The molecule has 0 saturated carbocycles. The van der Waals surface area contributed by atoms with Crippen molar-refractivity contribution in [1.82, 2.24) is 4.98 Å². The molecule has 0 aliphatic carbocycles. The van der Waals surface area contributed by atoms with Crippen LogP contribution in [0.2, 0.25) is 5.15 Å². The Hall–Kier alpha value is -2.98. The van der Waals surface area contributed by atoms with Gasteiger partial charge in [-0.2, -0.15) is 0 Å². The first-order chi connectivity index (χ1) is 12.1. The Labute approximate surface area is 150 Å². The number of benzene rings is 2. The van der Waals surface area contributed by atoms with Crippen molar-refractivity contribution < 1.29 is 14.3 Å². The lowest BCUT2D eigenvalue weighted by molar-refractivity contribution is 0.0280. The van der Waals surface area contributed by atoms with Crippen LogP contribution in [0, 0.1) is 0 Å². The van der Waals surface area contributed by atoms with Gasteiger partial charge < -0.3 is 4.74 Å². The van der Waals surface area contributed by atoms with Gasteiger partial charge in [-0.25, -0.2) is 9.78 Å². The summed E-state index contributed by atoms with van der Waals surface area (Å²) in [5.74, 6) is -0.928. The Bertz CT molecular complexity index is 882. The molecule has 1 unspecified atom stereocenters. The molecule has 3 rings (SSSR count). The zero-order chi connectivity index (χ0) is 17.6. The molecule has 1 atom stereocenters. The van der Waals surface area contributed by atoms with E-state index in [2.05, 4.69) is 4.98 Å². The number of pyridine rings is 1. The van der Waals surface area contributed by atoms with Crippen molar-refractivity contribution in [3.63, 3.8) is 0 Å². The van der Waals surface area contributed by atoms with E-state index in [1.807, 2.05) is 12.1 Å². The number of nitrogens with zero attached hydrogens (tertiary/aromatic N) is 1. The highest BCUT2D eigenvalue weighted by molar-refractivity contribution is 6.29. The van der Waals surface area contributed by atoms with Gasteiger partial charge in [0.05, 0.1) is 5.56 Å². The molecule has 0 spiro atoms. The summed E-state index contributed by atoms with van der Waals surface area (Å²) in [6.07, 6.45) is 0.373. The van der Waals surface area contributed by atoms with Crippen LogP contribution in [-0.4, -0.2) is 16.7 Å². The Morgan fingerprint density at radius 1 is 0.880 bits per heavy atom. The maximum atomic E-state index is 12.9. The standard InChI is InChI=1S/C20H14ClNO3/c21-17-13-16(11-12-22-17)20(24)25-19(15-9-5-2-6-10-15)18(23)14-7-3-1-4-8-14/h1-13,19H. The first kappa shape index (κ1) is 16.9. The van der Waals surface area contributed by atoms with Crippen molar-refractivity contribution in [2.75, 3.05) is 0 Å². The number of Topliss-reactive ketones (excluding diaryl/α,β-unsaturated/α-hetero) is 1. The van der Waals surface area contributed by atoms with E-state index < -0.39 is 12.1 Å². The number of ether oxygens (including phenoxy) is 1. The summed E-state index contributed by atoms with van der Waals surface area (Å²) in [6, 6.07) is 20.5. The van der Waals surface area contributed by atoms with Gasteiger partial charge in [0.1, 0.15) is 5.15 Å². The second-order valence-electron chi connectivity index (χ2n) is 5.29. The molecule has 0 saturated heterocycles. The van der Waals surface area contributed by atoms with Crippen LogP contribution in [0.25, 0.3) is 0 Å². The molecule has 2 aromatic carbocycles. The van der Waals surface area contributed by atoms with Crippen LogP contribution in [0.4, 0.5) is 0 Å². The molecule has 0 fully saturated rings. The molecule has 0 radical (unpaired) electrons. The molecule has 25 heavy (non-hydrogen) atoms. The third-order valence-corrected chi connectivity index (χ3v) is 3.79. The Kier molecular flexibility index (Phi) is 5.21. The second kappa shape index (κ2) is 7.73. The molecule has 0 aliphatic heterocycles. The minimum Gasteiger partial charge on any atom is -0.445 e. The van der Waals surface area contributed by atoms with Crippen molar-refractivity contribution in [3.8, 4) is 0 Å². The Morgan fingerprint density at radius 3 is 2.16 bits per heavy atom. The number of aromatic nitrogens is 1. The zero-order valence-corrected chi connectivity index (χ0v) is 13.9.